The number of hydrogen-bond donors (Lipinski definition) is 0. The lowest BCUT2D eigenvalue weighted by molar-refractivity contribution is 0.669. The van der Waals surface area contributed by atoms with Crippen LogP contribution in [0.2, 0.25) is 0 Å². The summed E-state index contributed by atoms with van der Waals surface area (Å²) in [5.41, 5.74) is 20.2. The first-order chi connectivity index (χ1) is 38.1. The van der Waals surface area contributed by atoms with E-state index in [0.29, 0.717) is 0 Å². The van der Waals surface area contributed by atoms with Crippen molar-refractivity contribution in [2.75, 3.05) is 0 Å². The highest BCUT2D eigenvalue weighted by Gasteiger charge is 2.18. The van der Waals surface area contributed by atoms with Gasteiger partial charge in [0.15, 0.2) is 0 Å². The summed E-state index contributed by atoms with van der Waals surface area (Å²) < 4.78 is 18.3. The van der Waals surface area contributed by atoms with Crippen LogP contribution in [0, 0.1) is 0 Å². The molecule has 0 saturated carbocycles. The van der Waals surface area contributed by atoms with E-state index >= 15 is 0 Å². The average molecular weight is 1050 g/mol. The molecule has 0 saturated heterocycles. The second-order valence-electron chi connectivity index (χ2n) is 19.7. The second kappa shape index (κ2) is 18.3. The Morgan fingerprint density at radius 2 is 0.610 bits per heavy atom. The topological polar surface area (TPSA) is 36.1 Å². The van der Waals surface area contributed by atoms with Gasteiger partial charge < -0.3 is 18.0 Å². The zero-order valence-electron chi connectivity index (χ0n) is 41.6. The fourth-order valence-corrected chi connectivity index (χ4v) is 11.9. The smallest absolute Gasteiger partial charge is 0.143 e. The fourth-order valence-electron chi connectivity index (χ4n) is 11.7. The summed E-state index contributed by atoms with van der Waals surface area (Å²) in [5, 5.41) is 9.59. The number of fused-ring (bicyclic) bond motifs is 12. The minimum Gasteiger partial charge on any atom is -0.455 e. The van der Waals surface area contributed by atoms with E-state index in [-0.39, 0.29) is 0 Å². The van der Waals surface area contributed by atoms with Crippen molar-refractivity contribution in [3.63, 3.8) is 0 Å². The van der Waals surface area contributed by atoms with Gasteiger partial charge in [-0.05, 0) is 118 Å². The van der Waals surface area contributed by atoms with Crippen molar-refractivity contribution in [2.45, 2.75) is 0 Å². The highest BCUT2D eigenvalue weighted by Crippen LogP contribution is 2.41. The van der Waals surface area contributed by atoms with Gasteiger partial charge in [0.05, 0.1) is 22.1 Å². The van der Waals surface area contributed by atoms with Crippen LogP contribution in [0.25, 0.3) is 143 Å². The molecular weight excluding hydrogens is 1000 g/mol. The number of halogens is 1. The van der Waals surface area contributed by atoms with Gasteiger partial charge in [0.1, 0.15) is 22.3 Å². The molecule has 0 unspecified atom stereocenters. The molecule has 0 atom stereocenters. The Balaban J connectivity index is 0.000000216. The van der Waals surface area contributed by atoms with Crippen LogP contribution < -0.4 is 0 Å². The third kappa shape index (κ3) is 7.57. The van der Waals surface area contributed by atoms with Gasteiger partial charge in [-0.1, -0.05) is 204 Å². The number of furan rings is 2. The Morgan fingerprint density at radius 3 is 1.10 bits per heavy atom. The zero-order chi connectivity index (χ0) is 51.0. The molecule has 4 heterocycles. The van der Waals surface area contributed by atoms with Crippen LogP contribution in [-0.2, 0) is 0 Å². The monoisotopic (exact) mass is 1050 g/mol. The summed E-state index contributed by atoms with van der Waals surface area (Å²) in [5.74, 6) is 0. The van der Waals surface area contributed by atoms with Crippen LogP contribution in [0.3, 0.4) is 0 Å². The lowest BCUT2D eigenvalue weighted by atomic mass is 10.0. The number of hydrogen-bond acceptors (Lipinski definition) is 2. The molecule has 4 nitrogen and oxygen atoms in total. The van der Waals surface area contributed by atoms with Crippen LogP contribution in [0.1, 0.15) is 0 Å². The first-order valence-electron chi connectivity index (χ1n) is 26.0. The Morgan fingerprint density at radius 1 is 0.247 bits per heavy atom. The number of para-hydroxylation sites is 6. The molecule has 362 valence electrons. The third-order valence-corrected chi connectivity index (χ3v) is 15.8. The molecule has 0 bridgehead atoms. The van der Waals surface area contributed by atoms with E-state index in [4.69, 9.17) is 8.83 Å². The Labute approximate surface area is 452 Å². The molecule has 0 spiro atoms. The van der Waals surface area contributed by atoms with Crippen LogP contribution in [0.5, 0.6) is 0 Å². The largest absolute Gasteiger partial charge is 0.455 e. The van der Waals surface area contributed by atoms with Crippen molar-refractivity contribution in [1.82, 2.24) is 9.13 Å². The van der Waals surface area contributed by atoms with Crippen molar-refractivity contribution in [3.8, 4) is 55.9 Å². The highest BCUT2D eigenvalue weighted by molar-refractivity contribution is 9.10. The predicted molar refractivity (Wildman–Crippen MR) is 326 cm³/mol. The molecule has 16 rings (SSSR count). The fraction of sp³-hybridized carbons (Fsp3) is 0. The molecule has 0 N–H and O–H groups in total. The van der Waals surface area contributed by atoms with Crippen molar-refractivity contribution in [1.29, 1.82) is 0 Å². The van der Waals surface area contributed by atoms with Gasteiger partial charge in [-0.25, -0.2) is 0 Å². The maximum atomic E-state index is 6.38. The maximum Gasteiger partial charge on any atom is 0.143 e. The van der Waals surface area contributed by atoms with E-state index < -0.39 is 0 Å². The lowest BCUT2D eigenvalue weighted by Gasteiger charge is -2.11. The lowest BCUT2D eigenvalue weighted by Crippen LogP contribution is -1.94. The first-order valence-corrected chi connectivity index (χ1v) is 26.8. The average Bonchev–Trinajstić information content (AvgIpc) is 4.27. The summed E-state index contributed by atoms with van der Waals surface area (Å²) in [6.45, 7) is 0. The number of rotatable bonds is 6. The van der Waals surface area contributed by atoms with E-state index in [1.165, 1.54) is 76.6 Å². The van der Waals surface area contributed by atoms with Gasteiger partial charge in [0, 0.05) is 70.1 Å². The van der Waals surface area contributed by atoms with Crippen LogP contribution in [0.4, 0.5) is 0 Å². The molecular formula is C72H45BrN2O2. The molecule has 12 aromatic carbocycles. The normalized spacial score (nSPS) is 11.7. The van der Waals surface area contributed by atoms with Gasteiger partial charge in [0.2, 0.25) is 0 Å². The number of nitrogens with zero attached hydrogens (tertiary/aromatic N) is 2. The third-order valence-electron chi connectivity index (χ3n) is 15.3. The number of benzene rings is 12. The van der Waals surface area contributed by atoms with Gasteiger partial charge in [-0.2, -0.15) is 0 Å². The maximum absolute atomic E-state index is 6.38. The molecule has 0 radical (unpaired) electrons. The first kappa shape index (κ1) is 44.8. The Kier molecular flexibility index (Phi) is 10.6. The molecule has 77 heavy (non-hydrogen) atoms. The molecule has 0 fully saturated rings. The molecule has 0 aliphatic heterocycles. The summed E-state index contributed by atoms with van der Waals surface area (Å²) in [6.07, 6.45) is 0. The van der Waals surface area contributed by atoms with Crippen LogP contribution in [0.15, 0.2) is 286 Å². The number of aromatic nitrogens is 2. The molecule has 5 heteroatoms. The van der Waals surface area contributed by atoms with Gasteiger partial charge >= 0.3 is 0 Å². The quantitative estimate of drug-likeness (QED) is 0.166. The van der Waals surface area contributed by atoms with Gasteiger partial charge in [-0.3, -0.25) is 0 Å². The molecule has 4 aromatic heterocycles. The molecule has 0 aliphatic carbocycles. The van der Waals surface area contributed by atoms with E-state index in [1.54, 1.807) is 0 Å². The second-order valence-corrected chi connectivity index (χ2v) is 20.6. The summed E-state index contributed by atoms with van der Waals surface area (Å²) >= 11 is 3.47. The van der Waals surface area contributed by atoms with Crippen molar-refractivity contribution < 1.29 is 8.83 Å². The van der Waals surface area contributed by atoms with E-state index in [0.717, 1.165) is 71.2 Å². The van der Waals surface area contributed by atoms with E-state index in [9.17, 15) is 0 Å². The van der Waals surface area contributed by atoms with Gasteiger partial charge in [0.25, 0.3) is 0 Å². The van der Waals surface area contributed by atoms with E-state index in [1.807, 2.05) is 30.3 Å². The molecule has 16 aromatic rings. The van der Waals surface area contributed by atoms with Gasteiger partial charge in [-0.15, -0.1) is 0 Å². The van der Waals surface area contributed by atoms with E-state index in [2.05, 4.69) is 268 Å². The summed E-state index contributed by atoms with van der Waals surface area (Å²) in [6, 6.07) is 97.2. The van der Waals surface area contributed by atoms with Crippen molar-refractivity contribution in [3.05, 3.63) is 277 Å². The molecule has 0 amide bonds. The highest BCUT2D eigenvalue weighted by atomic mass is 79.9. The van der Waals surface area contributed by atoms with Crippen molar-refractivity contribution >= 4 is 103 Å². The van der Waals surface area contributed by atoms with Crippen LogP contribution >= 0.6 is 15.9 Å². The predicted octanol–water partition coefficient (Wildman–Crippen LogP) is 20.8. The standard InChI is InChI=1S/C54H34N2O.C18H11BrO/c1-2-11-35(12-3-1)36-21-27-40(28-22-36)55-49-18-7-4-13-43(49)47-33-38(25-31-51(47)55)39-26-32-52-48(34-39)44-14-5-8-19-50(44)56(52)41-29-23-37(24-30-41)42-16-10-17-46-45-15-6-9-20-53(45)57-54(42)46;19-13-10-8-12(9-11-13)14-5-3-6-16-15-4-1-2-7-17(15)20-18(14)16/h1-34H;1-11H. The van der Waals surface area contributed by atoms with Crippen LogP contribution in [-0.4, -0.2) is 9.13 Å². The zero-order valence-corrected chi connectivity index (χ0v) is 43.2. The Bertz CT molecular complexity index is 4910. The molecule has 0 aliphatic rings. The summed E-state index contributed by atoms with van der Waals surface area (Å²) in [7, 11) is 0. The SMILES string of the molecule is Brc1ccc(-c2cccc3c2oc2ccccc23)cc1.c1ccc(-c2ccc(-n3c4ccccc4c4cc(-c5ccc6c(c5)c5ccccc5n6-c5ccc(-c6cccc7c6oc6ccccc67)cc5)ccc43)cc2)cc1. The summed E-state index contributed by atoms with van der Waals surface area (Å²) in [4.78, 5) is 0. The minimum absolute atomic E-state index is 0.915. The van der Waals surface area contributed by atoms with Crippen molar-refractivity contribution in [2.24, 2.45) is 0 Å². The minimum atomic E-state index is 0.915. The Hall–Kier alpha value is -9.68.